The Bertz CT molecular complexity index is 315. The third-order valence-corrected chi connectivity index (χ3v) is 1.11. The number of hydrogen-bond acceptors (Lipinski definition) is 6. The van der Waals surface area contributed by atoms with Crippen molar-refractivity contribution in [2.45, 2.75) is 0 Å². The number of hydrogen-bond donors (Lipinski definition) is 0. The average Bonchev–Trinajstić information content (AvgIpc) is 2.51. The fourth-order valence-corrected chi connectivity index (χ4v) is 0.572. The molecule has 0 saturated heterocycles. The van der Waals surface area contributed by atoms with Gasteiger partial charge in [-0.25, -0.2) is 4.79 Å². The van der Waals surface area contributed by atoms with Crippen LogP contribution >= 0.6 is 0 Å². The number of esters is 1. The number of carbonyl (C=O) groups excluding carboxylic acids is 2. The van der Waals surface area contributed by atoms with Crippen molar-refractivity contribution < 1.29 is 24.0 Å². The van der Waals surface area contributed by atoms with Crippen LogP contribution in [0.3, 0.4) is 0 Å². The summed E-state index contributed by atoms with van der Waals surface area (Å²) < 4.78 is 8.49. The van der Waals surface area contributed by atoms with E-state index in [4.69, 9.17) is 0 Å². The van der Waals surface area contributed by atoms with Crippen molar-refractivity contribution in [1.82, 2.24) is 5.16 Å². The van der Waals surface area contributed by atoms with Crippen LogP contribution in [0.15, 0.2) is 10.6 Å². The minimum atomic E-state index is -1.53. The van der Waals surface area contributed by atoms with Gasteiger partial charge in [-0.15, -0.1) is 0 Å². The van der Waals surface area contributed by atoms with E-state index >= 15 is 0 Å². The van der Waals surface area contributed by atoms with E-state index in [1.807, 2.05) is 0 Å². The molecule has 0 spiro atoms. The van der Waals surface area contributed by atoms with Gasteiger partial charge < -0.3 is 19.2 Å². The van der Waals surface area contributed by atoms with Gasteiger partial charge in [0.1, 0.15) is 5.97 Å². The number of rotatable bonds is 2. The van der Waals surface area contributed by atoms with E-state index in [1.54, 1.807) is 0 Å². The first-order chi connectivity index (χ1) is 5.65. The van der Waals surface area contributed by atoms with Gasteiger partial charge in [0.05, 0.1) is 7.11 Å². The topological polar surface area (TPSA) is 92.5 Å². The number of carboxylic acid groups (broad SMARTS) is 1. The number of ether oxygens (including phenoxy) is 1. The fourth-order valence-electron chi connectivity index (χ4n) is 0.572. The number of aromatic carboxylic acids is 1. The molecule has 0 aromatic carbocycles. The molecule has 0 bridgehead atoms. The van der Waals surface area contributed by atoms with Crippen molar-refractivity contribution in [2.75, 3.05) is 7.11 Å². The normalized spacial score (nSPS) is 9.42. The zero-order valence-corrected chi connectivity index (χ0v) is 6.07. The van der Waals surface area contributed by atoms with E-state index in [0.29, 0.717) is 0 Å². The smallest absolute Gasteiger partial charge is 0.360 e. The van der Waals surface area contributed by atoms with Crippen LogP contribution in [-0.4, -0.2) is 24.2 Å². The fraction of sp³-hybridized carbons (Fsp3) is 0.167. The Morgan fingerprint density at radius 3 is 2.75 bits per heavy atom. The Labute approximate surface area is 66.7 Å². The van der Waals surface area contributed by atoms with Gasteiger partial charge in [0.15, 0.2) is 11.5 Å². The molecular formula is C6H4NO5-. The maximum Gasteiger partial charge on any atom is 0.360 e. The Morgan fingerprint density at radius 2 is 2.33 bits per heavy atom. The monoisotopic (exact) mass is 170 g/mol. The molecule has 1 aromatic rings. The summed E-state index contributed by atoms with van der Waals surface area (Å²) in [6.07, 6.45) is 0. The maximum atomic E-state index is 10.7. The summed E-state index contributed by atoms with van der Waals surface area (Å²) in [5.74, 6) is -2.79. The van der Waals surface area contributed by atoms with Gasteiger partial charge in [0, 0.05) is 6.07 Å². The molecule has 0 atom stereocenters. The van der Waals surface area contributed by atoms with Gasteiger partial charge in [0.25, 0.3) is 0 Å². The maximum absolute atomic E-state index is 10.7. The van der Waals surface area contributed by atoms with Crippen molar-refractivity contribution >= 4 is 11.9 Å². The number of carboxylic acids is 1. The second kappa shape index (κ2) is 3.04. The van der Waals surface area contributed by atoms with Crippen LogP contribution in [0, 0.1) is 0 Å². The highest BCUT2D eigenvalue weighted by Gasteiger charge is 2.12. The molecule has 0 radical (unpaired) electrons. The van der Waals surface area contributed by atoms with E-state index in [2.05, 4.69) is 14.4 Å². The third-order valence-electron chi connectivity index (χ3n) is 1.11. The van der Waals surface area contributed by atoms with Crippen molar-refractivity contribution in [1.29, 1.82) is 0 Å². The Morgan fingerprint density at radius 1 is 1.67 bits per heavy atom. The van der Waals surface area contributed by atoms with E-state index in [-0.39, 0.29) is 5.69 Å². The minimum absolute atomic E-state index is 0.197. The molecule has 1 heterocycles. The van der Waals surface area contributed by atoms with E-state index in [9.17, 15) is 14.7 Å². The molecule has 1 rings (SSSR count). The van der Waals surface area contributed by atoms with E-state index in [1.165, 1.54) is 0 Å². The molecule has 0 saturated carbocycles. The van der Waals surface area contributed by atoms with Crippen LogP contribution in [0.2, 0.25) is 0 Å². The molecule has 0 aliphatic rings. The van der Waals surface area contributed by atoms with Crippen LogP contribution in [0.4, 0.5) is 0 Å². The number of nitrogens with zero attached hydrogens (tertiary/aromatic N) is 1. The van der Waals surface area contributed by atoms with Crippen molar-refractivity contribution in [2.24, 2.45) is 0 Å². The van der Waals surface area contributed by atoms with Gasteiger partial charge in [-0.2, -0.15) is 0 Å². The average molecular weight is 170 g/mol. The second-order valence-corrected chi connectivity index (χ2v) is 1.86. The van der Waals surface area contributed by atoms with E-state index < -0.39 is 17.7 Å². The summed E-state index contributed by atoms with van der Waals surface area (Å²) in [7, 11) is 1.15. The van der Waals surface area contributed by atoms with Gasteiger partial charge in [-0.05, 0) is 0 Å². The Kier molecular flexibility index (Phi) is 2.09. The Balaban J connectivity index is 2.91. The van der Waals surface area contributed by atoms with Crippen molar-refractivity contribution in [3.63, 3.8) is 0 Å². The summed E-state index contributed by atoms with van der Waals surface area (Å²) in [5, 5.41) is 13.3. The summed E-state index contributed by atoms with van der Waals surface area (Å²) in [6.45, 7) is 0. The highest BCUT2D eigenvalue weighted by atomic mass is 16.5. The van der Waals surface area contributed by atoms with Gasteiger partial charge in [0.2, 0.25) is 0 Å². The van der Waals surface area contributed by atoms with Crippen LogP contribution in [-0.2, 0) is 4.74 Å². The van der Waals surface area contributed by atoms with Gasteiger partial charge >= 0.3 is 5.97 Å². The van der Waals surface area contributed by atoms with Crippen molar-refractivity contribution in [3.05, 3.63) is 17.5 Å². The standard InChI is InChI=1S/C6H5NO5/c1-11-6(10)3-2-4(5(8)9)12-7-3/h2H,1H3,(H,8,9)/p-1. The molecule has 6 nitrogen and oxygen atoms in total. The molecule has 0 aliphatic heterocycles. The van der Waals surface area contributed by atoms with Gasteiger partial charge in [-0.3, -0.25) is 0 Å². The molecule has 0 aliphatic carbocycles. The zero-order valence-electron chi connectivity index (χ0n) is 6.07. The third kappa shape index (κ3) is 1.42. The van der Waals surface area contributed by atoms with Gasteiger partial charge in [-0.1, -0.05) is 5.16 Å². The number of aromatic nitrogens is 1. The first-order valence-corrected chi connectivity index (χ1v) is 2.91. The van der Waals surface area contributed by atoms with Crippen LogP contribution in [0.5, 0.6) is 0 Å². The second-order valence-electron chi connectivity index (χ2n) is 1.86. The molecule has 0 amide bonds. The summed E-state index contributed by atoms with van der Waals surface area (Å²) in [6, 6.07) is 0.932. The molecule has 64 valence electrons. The zero-order chi connectivity index (χ0) is 9.14. The summed E-state index contributed by atoms with van der Waals surface area (Å²) in [5.41, 5.74) is -0.197. The largest absolute Gasteiger partial charge is 0.541 e. The number of methoxy groups -OCH3 is 1. The lowest BCUT2D eigenvalue weighted by atomic mass is 10.4. The molecule has 0 fully saturated rings. The first kappa shape index (κ1) is 8.25. The lowest BCUT2D eigenvalue weighted by Crippen LogP contribution is -2.21. The SMILES string of the molecule is COC(=O)c1cc(C(=O)[O-])on1. The minimum Gasteiger partial charge on any atom is -0.541 e. The number of carbonyl (C=O) groups is 2. The lowest BCUT2D eigenvalue weighted by molar-refractivity contribution is -0.257. The molecule has 6 heteroatoms. The highest BCUT2D eigenvalue weighted by Crippen LogP contribution is 2.02. The van der Waals surface area contributed by atoms with E-state index in [0.717, 1.165) is 13.2 Å². The Hall–Kier alpha value is -1.85. The molecule has 0 unspecified atom stereocenters. The van der Waals surface area contributed by atoms with Crippen LogP contribution in [0.25, 0.3) is 0 Å². The van der Waals surface area contributed by atoms with Crippen LogP contribution in [0.1, 0.15) is 21.0 Å². The molecular weight excluding hydrogens is 166 g/mol. The molecule has 12 heavy (non-hydrogen) atoms. The quantitative estimate of drug-likeness (QED) is 0.519. The first-order valence-electron chi connectivity index (χ1n) is 2.91. The summed E-state index contributed by atoms with van der Waals surface area (Å²) in [4.78, 5) is 20.8. The molecule has 0 N–H and O–H groups in total. The van der Waals surface area contributed by atoms with Crippen LogP contribution < -0.4 is 5.11 Å². The predicted molar refractivity (Wildman–Crippen MR) is 32.2 cm³/mol. The summed E-state index contributed by atoms with van der Waals surface area (Å²) >= 11 is 0. The highest BCUT2D eigenvalue weighted by molar-refractivity contribution is 5.90. The van der Waals surface area contributed by atoms with Crippen molar-refractivity contribution in [3.8, 4) is 0 Å². The lowest BCUT2D eigenvalue weighted by Gasteiger charge is -1.90. The predicted octanol–water partition coefficient (Wildman–Crippen LogP) is -1.18. The molecule has 1 aromatic heterocycles.